The second-order valence-electron chi connectivity index (χ2n) is 16.0. The minimum absolute atomic E-state index is 0.131. The summed E-state index contributed by atoms with van der Waals surface area (Å²) in [7, 11) is -4.62. The molecule has 256 valence electrons. The fourth-order valence-electron chi connectivity index (χ4n) is 11.0. The topological polar surface area (TPSA) is 163 Å². The molecule has 1 aliphatic heterocycles. The quantitative estimate of drug-likeness (QED) is 0.173. The predicted octanol–water partition coefficient (Wildman–Crippen LogP) is 4.09. The van der Waals surface area contributed by atoms with Gasteiger partial charge in [-0.05, 0) is 104 Å². The van der Waals surface area contributed by atoms with Crippen LogP contribution in [-0.4, -0.2) is 82.9 Å². The van der Waals surface area contributed by atoms with Gasteiger partial charge in [-0.1, -0.05) is 53.9 Å². The van der Waals surface area contributed by atoms with Crippen molar-refractivity contribution in [2.45, 2.75) is 148 Å². The first kappa shape index (κ1) is 35.0. The van der Waals surface area contributed by atoms with Crippen LogP contribution >= 0.6 is 0 Å². The van der Waals surface area contributed by atoms with Crippen molar-refractivity contribution in [2.75, 3.05) is 6.61 Å². The average molecular weight is 647 g/mol. The second-order valence-corrected chi connectivity index (χ2v) is 17.1. The molecule has 5 rings (SSSR count). The Morgan fingerprint density at radius 2 is 1.55 bits per heavy atom. The summed E-state index contributed by atoms with van der Waals surface area (Å²) in [6.45, 7) is 11.3. The first-order valence-electron chi connectivity index (χ1n) is 17.2. The average Bonchev–Trinajstić information content (AvgIpc) is 3.30. The molecular weight excluding hydrogens is 588 g/mol. The van der Waals surface area contributed by atoms with Crippen LogP contribution in [0.4, 0.5) is 0 Å². The molecule has 0 spiro atoms. The van der Waals surface area contributed by atoms with Crippen LogP contribution in [0.25, 0.3) is 0 Å². The molecule has 44 heavy (non-hydrogen) atoms. The molecule has 10 nitrogen and oxygen atoms in total. The van der Waals surface area contributed by atoms with Crippen molar-refractivity contribution in [1.29, 1.82) is 0 Å². The fourth-order valence-corrected chi connectivity index (χ4v) is 11.5. The Hall–Kier alpha value is -0.370. The monoisotopic (exact) mass is 646 g/mol. The SMILES string of the molecule is CC(C)CCCC(C)C1CCC2C3CC(OC4OC(CO)C(O)C(O)C4O)C4C[C@@H](OS(=O)(=O)O)CC[C@]4(C)C3CC[C@]12C. The Labute approximate surface area is 264 Å². The van der Waals surface area contributed by atoms with Gasteiger partial charge < -0.3 is 29.9 Å². The van der Waals surface area contributed by atoms with Gasteiger partial charge in [-0.15, -0.1) is 0 Å². The van der Waals surface area contributed by atoms with Crippen molar-refractivity contribution in [3.63, 3.8) is 0 Å². The van der Waals surface area contributed by atoms with Gasteiger partial charge in [0.25, 0.3) is 0 Å². The van der Waals surface area contributed by atoms with Crippen LogP contribution in [0.15, 0.2) is 0 Å². The van der Waals surface area contributed by atoms with Crippen LogP contribution in [0.3, 0.4) is 0 Å². The first-order chi connectivity index (χ1) is 20.6. The minimum atomic E-state index is -4.62. The van der Waals surface area contributed by atoms with Crippen LogP contribution in [0.1, 0.15) is 105 Å². The van der Waals surface area contributed by atoms with Crippen molar-refractivity contribution >= 4 is 10.4 Å². The third kappa shape index (κ3) is 6.65. The molecule has 5 aliphatic rings. The van der Waals surface area contributed by atoms with E-state index in [0.29, 0.717) is 48.9 Å². The molecule has 5 fully saturated rings. The lowest BCUT2D eigenvalue weighted by Crippen LogP contribution is -2.63. The maximum absolute atomic E-state index is 11.7. The summed E-state index contributed by atoms with van der Waals surface area (Å²) < 4.78 is 50.2. The molecule has 1 saturated heterocycles. The molecule has 4 aliphatic carbocycles. The van der Waals surface area contributed by atoms with Gasteiger partial charge in [0.1, 0.15) is 24.4 Å². The van der Waals surface area contributed by atoms with E-state index in [9.17, 15) is 33.4 Å². The zero-order valence-electron chi connectivity index (χ0n) is 27.3. The predicted molar refractivity (Wildman–Crippen MR) is 164 cm³/mol. The summed E-state index contributed by atoms with van der Waals surface area (Å²) in [4.78, 5) is 0. The number of hydrogen-bond donors (Lipinski definition) is 5. The van der Waals surface area contributed by atoms with Crippen molar-refractivity contribution < 1.29 is 47.1 Å². The Balaban J connectivity index is 1.41. The Bertz CT molecular complexity index is 1080. The molecule has 0 aromatic carbocycles. The van der Waals surface area contributed by atoms with E-state index in [1.165, 1.54) is 38.5 Å². The molecule has 1 heterocycles. The van der Waals surface area contributed by atoms with E-state index >= 15 is 0 Å². The lowest BCUT2D eigenvalue weighted by molar-refractivity contribution is -0.327. The highest BCUT2D eigenvalue weighted by atomic mass is 32.3. The van der Waals surface area contributed by atoms with E-state index in [1.54, 1.807) is 0 Å². The van der Waals surface area contributed by atoms with Crippen LogP contribution in [-0.2, 0) is 24.1 Å². The summed E-state index contributed by atoms with van der Waals surface area (Å²) in [5.74, 6) is 3.28. The van der Waals surface area contributed by atoms with Gasteiger partial charge >= 0.3 is 10.4 Å². The van der Waals surface area contributed by atoms with Crippen molar-refractivity contribution in [1.82, 2.24) is 0 Å². The standard InChI is InChI=1S/C33H58O10S/c1-18(2)7-6-8-19(3)22-9-10-23-21-16-26(41-31-30(37)29(36)28(35)27(17-34)42-31)25-15-20(43-44(38,39)40)11-13-33(25,5)24(21)12-14-32(22,23)4/h18-31,34-37H,6-17H2,1-5H3,(H,38,39,40)/t19?,20-,21?,22?,23?,24?,25?,26?,27?,28?,29?,30?,31?,32+,33+/m0/s1. The molecule has 0 aromatic heterocycles. The van der Waals surface area contributed by atoms with Gasteiger partial charge in [0.15, 0.2) is 6.29 Å². The van der Waals surface area contributed by atoms with Gasteiger partial charge in [-0.2, -0.15) is 8.42 Å². The van der Waals surface area contributed by atoms with Gasteiger partial charge in [0, 0.05) is 0 Å². The Kier molecular flexibility index (Phi) is 10.5. The highest BCUT2D eigenvalue weighted by Gasteiger charge is 2.63. The molecule has 0 bridgehead atoms. The molecule has 0 amide bonds. The van der Waals surface area contributed by atoms with Crippen LogP contribution in [0.5, 0.6) is 0 Å². The van der Waals surface area contributed by atoms with Gasteiger partial charge in [0.05, 0.1) is 18.8 Å². The van der Waals surface area contributed by atoms with E-state index in [2.05, 4.69) is 34.6 Å². The van der Waals surface area contributed by atoms with E-state index in [1.807, 2.05) is 0 Å². The molecule has 5 N–H and O–H groups in total. The van der Waals surface area contributed by atoms with Crippen LogP contribution < -0.4 is 0 Å². The van der Waals surface area contributed by atoms with Crippen molar-refractivity contribution in [3.8, 4) is 0 Å². The van der Waals surface area contributed by atoms with Crippen LogP contribution in [0.2, 0.25) is 0 Å². The number of rotatable bonds is 10. The van der Waals surface area contributed by atoms with E-state index in [4.69, 9.17) is 13.7 Å². The largest absolute Gasteiger partial charge is 0.397 e. The number of fused-ring (bicyclic) bond motifs is 5. The van der Waals surface area contributed by atoms with E-state index < -0.39 is 59.9 Å². The molecule has 0 aromatic rings. The molecule has 4 saturated carbocycles. The van der Waals surface area contributed by atoms with Gasteiger partial charge in [0.2, 0.25) is 0 Å². The molecular formula is C33H58O10S. The smallest absolute Gasteiger partial charge is 0.394 e. The normalized spacial score (nSPS) is 48.4. The molecule has 0 radical (unpaired) electrons. The maximum atomic E-state index is 11.7. The van der Waals surface area contributed by atoms with Crippen LogP contribution in [0, 0.1) is 52.3 Å². The molecule has 11 heteroatoms. The molecule has 12 unspecified atom stereocenters. The third-order valence-corrected chi connectivity index (χ3v) is 13.7. The summed E-state index contributed by atoms with van der Waals surface area (Å²) in [6.07, 6.45) is 2.85. The lowest BCUT2D eigenvalue weighted by atomic mass is 9.43. The summed E-state index contributed by atoms with van der Waals surface area (Å²) in [5, 5.41) is 41.5. The summed E-state index contributed by atoms with van der Waals surface area (Å²) in [6, 6.07) is 0. The van der Waals surface area contributed by atoms with Gasteiger partial charge in [-0.3, -0.25) is 4.55 Å². The first-order valence-corrected chi connectivity index (χ1v) is 18.6. The number of aliphatic hydroxyl groups excluding tert-OH is 4. The molecule has 15 atom stereocenters. The zero-order valence-corrected chi connectivity index (χ0v) is 28.1. The second kappa shape index (κ2) is 13.3. The Morgan fingerprint density at radius 1 is 0.864 bits per heavy atom. The number of ether oxygens (including phenoxy) is 2. The van der Waals surface area contributed by atoms with E-state index in [0.717, 1.165) is 18.8 Å². The number of aliphatic hydroxyl groups is 4. The lowest BCUT2D eigenvalue weighted by Gasteiger charge is -2.63. The van der Waals surface area contributed by atoms with Crippen molar-refractivity contribution in [3.05, 3.63) is 0 Å². The minimum Gasteiger partial charge on any atom is -0.394 e. The van der Waals surface area contributed by atoms with E-state index in [-0.39, 0.29) is 16.7 Å². The number of hydrogen-bond acceptors (Lipinski definition) is 9. The summed E-state index contributed by atoms with van der Waals surface area (Å²) >= 11 is 0. The fraction of sp³-hybridized carbons (Fsp3) is 1.00. The van der Waals surface area contributed by atoms with Gasteiger partial charge in [-0.25, -0.2) is 4.18 Å². The zero-order chi connectivity index (χ0) is 32.2. The highest BCUT2D eigenvalue weighted by molar-refractivity contribution is 7.80. The summed E-state index contributed by atoms with van der Waals surface area (Å²) in [5.41, 5.74) is 0.0592. The maximum Gasteiger partial charge on any atom is 0.397 e. The van der Waals surface area contributed by atoms with Crippen molar-refractivity contribution in [2.24, 2.45) is 52.3 Å². The Morgan fingerprint density at radius 3 is 2.20 bits per heavy atom. The highest BCUT2D eigenvalue weighted by Crippen LogP contribution is 2.69. The third-order valence-electron chi connectivity index (χ3n) is 13.2.